The van der Waals surface area contributed by atoms with Crippen LogP contribution in [-0.4, -0.2) is 32.1 Å². The van der Waals surface area contributed by atoms with Gasteiger partial charge in [0.25, 0.3) is 0 Å². The lowest BCUT2D eigenvalue weighted by Crippen LogP contribution is -2.37. The molecule has 0 aromatic heterocycles. The third kappa shape index (κ3) is 5.58. The Hall–Kier alpha value is -2.54. The van der Waals surface area contributed by atoms with E-state index in [-0.39, 0.29) is 13.2 Å². The third-order valence-electron chi connectivity index (χ3n) is 3.00. The summed E-state index contributed by atoms with van der Waals surface area (Å²) < 4.78 is 11.3. The van der Waals surface area contributed by atoms with Crippen LogP contribution in [0.4, 0.5) is 5.69 Å². The summed E-state index contributed by atoms with van der Waals surface area (Å²) in [7, 11) is 1.59. The van der Waals surface area contributed by atoms with Gasteiger partial charge < -0.3 is 20.1 Å². The highest BCUT2D eigenvalue weighted by molar-refractivity contribution is 9.10. The fourth-order valence-corrected chi connectivity index (χ4v) is 2.24. The van der Waals surface area contributed by atoms with Gasteiger partial charge in [0.1, 0.15) is 18.1 Å². The topological polar surface area (TPSA) is 76.7 Å². The Kier molecular flexibility index (Phi) is 6.62. The molecule has 0 aliphatic carbocycles. The molecule has 6 nitrogen and oxygen atoms in total. The van der Waals surface area contributed by atoms with Crippen molar-refractivity contribution in [3.63, 3.8) is 0 Å². The molecule has 0 aliphatic heterocycles. The summed E-state index contributed by atoms with van der Waals surface area (Å²) in [6, 6.07) is 14.1. The standard InChI is InChI=1S/C17H17BrN2O4/c1-23-14-5-7-15(8-6-14)24-10-9-19-16(21)17(22)20-13-4-2-3-12(18)11-13/h2-8,11H,9-10H2,1H3,(H,19,21)(H,20,22). The van der Waals surface area contributed by atoms with Crippen LogP contribution in [0.25, 0.3) is 0 Å². The van der Waals surface area contributed by atoms with Gasteiger partial charge in [-0.3, -0.25) is 9.59 Å². The predicted octanol–water partition coefficient (Wildman–Crippen LogP) is 2.59. The summed E-state index contributed by atoms with van der Waals surface area (Å²) >= 11 is 3.30. The van der Waals surface area contributed by atoms with Crippen LogP contribution >= 0.6 is 15.9 Å². The van der Waals surface area contributed by atoms with Crippen molar-refractivity contribution in [2.75, 3.05) is 25.6 Å². The van der Waals surface area contributed by atoms with Gasteiger partial charge in [0.15, 0.2) is 0 Å². The third-order valence-corrected chi connectivity index (χ3v) is 3.50. The zero-order chi connectivity index (χ0) is 17.4. The Morgan fingerprint density at radius 3 is 2.42 bits per heavy atom. The molecule has 0 heterocycles. The first-order chi connectivity index (χ1) is 11.6. The summed E-state index contributed by atoms with van der Waals surface area (Å²) in [5.74, 6) is -0.0469. The Morgan fingerprint density at radius 2 is 1.75 bits per heavy atom. The summed E-state index contributed by atoms with van der Waals surface area (Å²) in [6.45, 7) is 0.471. The van der Waals surface area contributed by atoms with Crippen LogP contribution in [0.1, 0.15) is 0 Å². The molecule has 0 atom stereocenters. The summed E-state index contributed by atoms with van der Waals surface area (Å²) in [5.41, 5.74) is 0.541. The molecule has 0 unspecified atom stereocenters. The van der Waals surface area contributed by atoms with E-state index in [1.165, 1.54) is 0 Å². The number of methoxy groups -OCH3 is 1. The number of rotatable bonds is 6. The van der Waals surface area contributed by atoms with Crippen LogP contribution in [0.15, 0.2) is 53.0 Å². The zero-order valence-corrected chi connectivity index (χ0v) is 14.6. The van der Waals surface area contributed by atoms with Gasteiger partial charge in [-0.25, -0.2) is 0 Å². The molecule has 0 spiro atoms. The summed E-state index contributed by atoms with van der Waals surface area (Å²) in [4.78, 5) is 23.5. The Balaban J connectivity index is 1.71. The quantitative estimate of drug-likeness (QED) is 0.585. The van der Waals surface area contributed by atoms with Gasteiger partial charge in [-0.15, -0.1) is 0 Å². The van der Waals surface area contributed by atoms with E-state index >= 15 is 0 Å². The van der Waals surface area contributed by atoms with Crippen molar-refractivity contribution < 1.29 is 19.1 Å². The average Bonchev–Trinajstić information content (AvgIpc) is 2.59. The molecule has 0 saturated carbocycles. The van der Waals surface area contributed by atoms with Gasteiger partial charge in [-0.05, 0) is 42.5 Å². The van der Waals surface area contributed by atoms with Crippen LogP contribution in [0, 0.1) is 0 Å². The number of halogens is 1. The minimum absolute atomic E-state index is 0.219. The second kappa shape index (κ2) is 8.93. The van der Waals surface area contributed by atoms with Crippen LogP contribution in [0.5, 0.6) is 11.5 Å². The van der Waals surface area contributed by atoms with Gasteiger partial charge >= 0.3 is 11.8 Å². The van der Waals surface area contributed by atoms with Crippen molar-refractivity contribution in [1.29, 1.82) is 0 Å². The van der Waals surface area contributed by atoms with Crippen LogP contribution < -0.4 is 20.1 Å². The molecule has 2 aromatic rings. The van der Waals surface area contributed by atoms with E-state index in [1.807, 2.05) is 6.07 Å². The fraction of sp³-hybridized carbons (Fsp3) is 0.176. The highest BCUT2D eigenvalue weighted by atomic mass is 79.9. The number of anilines is 1. The monoisotopic (exact) mass is 392 g/mol. The fourth-order valence-electron chi connectivity index (χ4n) is 1.84. The maximum atomic E-state index is 11.8. The Labute approximate surface area is 148 Å². The highest BCUT2D eigenvalue weighted by Crippen LogP contribution is 2.17. The summed E-state index contributed by atoms with van der Waals surface area (Å²) in [6.07, 6.45) is 0. The molecule has 7 heteroatoms. The predicted molar refractivity (Wildman–Crippen MR) is 94.3 cm³/mol. The normalized spacial score (nSPS) is 9.92. The van der Waals surface area contributed by atoms with Gasteiger partial charge in [-0.1, -0.05) is 22.0 Å². The van der Waals surface area contributed by atoms with Gasteiger partial charge in [0, 0.05) is 10.2 Å². The Morgan fingerprint density at radius 1 is 1.04 bits per heavy atom. The molecule has 0 bridgehead atoms. The minimum atomic E-state index is -0.724. The number of carbonyl (C=O) groups excluding carboxylic acids is 2. The highest BCUT2D eigenvalue weighted by Gasteiger charge is 2.13. The number of amides is 2. The molecule has 2 N–H and O–H groups in total. The Bertz CT molecular complexity index is 704. The second-order valence-electron chi connectivity index (χ2n) is 4.74. The number of hydrogen-bond acceptors (Lipinski definition) is 4. The smallest absolute Gasteiger partial charge is 0.313 e. The van der Waals surface area contributed by atoms with Crippen molar-refractivity contribution >= 4 is 33.4 Å². The summed E-state index contributed by atoms with van der Waals surface area (Å²) in [5, 5.41) is 5.02. The van der Waals surface area contributed by atoms with E-state index < -0.39 is 11.8 Å². The lowest BCUT2D eigenvalue weighted by molar-refractivity contribution is -0.136. The van der Waals surface area contributed by atoms with Gasteiger partial charge in [-0.2, -0.15) is 0 Å². The first-order valence-corrected chi connectivity index (χ1v) is 7.99. The van der Waals surface area contributed by atoms with Crippen molar-refractivity contribution in [3.8, 4) is 11.5 Å². The molecule has 2 amide bonds. The van der Waals surface area contributed by atoms with E-state index in [0.29, 0.717) is 11.4 Å². The minimum Gasteiger partial charge on any atom is -0.497 e. The lowest BCUT2D eigenvalue weighted by Gasteiger charge is -2.09. The molecule has 0 fully saturated rings. The number of carbonyl (C=O) groups is 2. The molecule has 2 aromatic carbocycles. The van der Waals surface area contributed by atoms with Gasteiger partial charge in [0.2, 0.25) is 0 Å². The zero-order valence-electron chi connectivity index (χ0n) is 13.0. The molecule has 24 heavy (non-hydrogen) atoms. The van der Waals surface area contributed by atoms with Crippen molar-refractivity contribution in [1.82, 2.24) is 5.32 Å². The molecule has 0 aliphatic rings. The van der Waals surface area contributed by atoms with E-state index in [0.717, 1.165) is 10.2 Å². The lowest BCUT2D eigenvalue weighted by atomic mass is 10.3. The number of nitrogens with one attached hydrogen (secondary N) is 2. The number of benzene rings is 2. The maximum absolute atomic E-state index is 11.8. The molecule has 126 valence electrons. The number of hydrogen-bond donors (Lipinski definition) is 2. The molecule has 0 radical (unpaired) electrons. The van der Waals surface area contributed by atoms with E-state index in [4.69, 9.17) is 9.47 Å². The second-order valence-corrected chi connectivity index (χ2v) is 5.66. The maximum Gasteiger partial charge on any atom is 0.313 e. The molecular formula is C17H17BrN2O4. The van der Waals surface area contributed by atoms with Crippen LogP contribution in [0.3, 0.4) is 0 Å². The average molecular weight is 393 g/mol. The van der Waals surface area contributed by atoms with Crippen LogP contribution in [0.2, 0.25) is 0 Å². The van der Waals surface area contributed by atoms with Crippen LogP contribution in [-0.2, 0) is 9.59 Å². The first-order valence-electron chi connectivity index (χ1n) is 7.20. The van der Waals surface area contributed by atoms with E-state index in [9.17, 15) is 9.59 Å². The number of ether oxygens (including phenoxy) is 2. The van der Waals surface area contributed by atoms with Gasteiger partial charge in [0.05, 0.1) is 13.7 Å². The van der Waals surface area contributed by atoms with E-state index in [2.05, 4.69) is 26.6 Å². The van der Waals surface area contributed by atoms with E-state index in [1.54, 1.807) is 49.6 Å². The first kappa shape index (κ1) is 17.8. The van der Waals surface area contributed by atoms with Crippen molar-refractivity contribution in [2.45, 2.75) is 0 Å². The molecular weight excluding hydrogens is 376 g/mol. The molecule has 2 rings (SSSR count). The largest absolute Gasteiger partial charge is 0.497 e. The van der Waals surface area contributed by atoms with Crippen molar-refractivity contribution in [2.24, 2.45) is 0 Å². The molecule has 0 saturated heterocycles. The SMILES string of the molecule is COc1ccc(OCCNC(=O)C(=O)Nc2cccc(Br)c2)cc1. The van der Waals surface area contributed by atoms with Crippen molar-refractivity contribution in [3.05, 3.63) is 53.0 Å².